The van der Waals surface area contributed by atoms with Gasteiger partial charge in [0.15, 0.2) is 0 Å². The molecule has 2 aliphatic carbocycles. The maximum atomic E-state index is 12.7. The van der Waals surface area contributed by atoms with Gasteiger partial charge in [-0.05, 0) is 66.8 Å². The average Bonchev–Trinajstić information content (AvgIpc) is 2.83. The van der Waals surface area contributed by atoms with Gasteiger partial charge in [-0.3, -0.25) is 0 Å². The third-order valence-corrected chi connectivity index (χ3v) is 7.00. The summed E-state index contributed by atoms with van der Waals surface area (Å²) in [5.74, 6) is 0.663. The summed E-state index contributed by atoms with van der Waals surface area (Å²) in [5, 5.41) is 0. The highest BCUT2D eigenvalue weighted by molar-refractivity contribution is 7.89. The molecule has 2 aliphatic rings. The summed E-state index contributed by atoms with van der Waals surface area (Å²) >= 11 is 0. The number of sulfonamides is 1. The maximum Gasteiger partial charge on any atom is 0.240 e. The van der Waals surface area contributed by atoms with E-state index in [-0.39, 0.29) is 6.04 Å². The van der Waals surface area contributed by atoms with Crippen LogP contribution in [0.3, 0.4) is 0 Å². The fraction of sp³-hybridized carbons (Fsp3) is 0.368. The van der Waals surface area contributed by atoms with E-state index in [0.29, 0.717) is 16.7 Å². The smallest absolute Gasteiger partial charge is 0.240 e. The van der Waals surface area contributed by atoms with Crippen molar-refractivity contribution in [2.24, 2.45) is 11.8 Å². The van der Waals surface area contributed by atoms with Gasteiger partial charge in [0.25, 0.3) is 0 Å². The zero-order chi connectivity index (χ0) is 16.7. The summed E-state index contributed by atoms with van der Waals surface area (Å²) in [5.41, 5.74) is 9.51. The third kappa shape index (κ3) is 2.72. The van der Waals surface area contributed by atoms with Crippen LogP contribution in [0.25, 0.3) is 0 Å². The molecule has 4 rings (SSSR count). The Balaban J connectivity index is 1.63. The van der Waals surface area contributed by atoms with Gasteiger partial charge in [0.05, 0.1) is 4.90 Å². The van der Waals surface area contributed by atoms with Crippen LogP contribution in [0.1, 0.15) is 24.0 Å². The fourth-order valence-corrected chi connectivity index (χ4v) is 5.70. The Labute approximate surface area is 143 Å². The number of hydrogen-bond donors (Lipinski definition) is 2. The normalized spacial score (nSPS) is 25.9. The quantitative estimate of drug-likeness (QED) is 0.843. The molecular formula is C19H22N2O2S. The average molecular weight is 342 g/mol. The summed E-state index contributed by atoms with van der Waals surface area (Å²) in [7, 11) is -3.48. The zero-order valence-corrected chi connectivity index (χ0v) is 14.3. The minimum atomic E-state index is -3.48. The summed E-state index contributed by atoms with van der Waals surface area (Å²) in [4.78, 5) is 0.339. The molecule has 0 saturated heterocycles. The molecule has 2 aromatic rings. The van der Waals surface area contributed by atoms with Crippen LogP contribution < -0.4 is 10.5 Å². The van der Waals surface area contributed by atoms with Crippen molar-refractivity contribution in [1.29, 1.82) is 0 Å². The Bertz CT molecular complexity index is 849. The summed E-state index contributed by atoms with van der Waals surface area (Å²) in [6.07, 6.45) is 3.89. The van der Waals surface area contributed by atoms with Crippen LogP contribution in [-0.2, 0) is 22.9 Å². The van der Waals surface area contributed by atoms with Crippen molar-refractivity contribution in [3.63, 3.8) is 0 Å². The van der Waals surface area contributed by atoms with Crippen LogP contribution in [-0.4, -0.2) is 14.5 Å². The number of nitrogens with two attached hydrogens (primary N) is 1. The molecule has 0 amide bonds. The molecule has 4 nitrogen and oxygen atoms in total. The molecule has 5 heteroatoms. The highest BCUT2D eigenvalue weighted by Gasteiger charge is 2.41. The van der Waals surface area contributed by atoms with E-state index in [2.05, 4.69) is 10.8 Å². The highest BCUT2D eigenvalue weighted by Crippen LogP contribution is 2.42. The van der Waals surface area contributed by atoms with E-state index in [4.69, 9.17) is 5.73 Å². The molecule has 0 heterocycles. The van der Waals surface area contributed by atoms with Crippen molar-refractivity contribution >= 4 is 15.7 Å². The molecule has 0 spiro atoms. The molecule has 2 bridgehead atoms. The summed E-state index contributed by atoms with van der Waals surface area (Å²) < 4.78 is 28.5. The maximum absolute atomic E-state index is 12.7. The van der Waals surface area contributed by atoms with Gasteiger partial charge < -0.3 is 5.73 Å². The van der Waals surface area contributed by atoms with Gasteiger partial charge in [-0.1, -0.05) is 30.3 Å². The molecule has 3 N–H and O–H groups in total. The minimum absolute atomic E-state index is 0.0120. The predicted octanol–water partition coefficient (Wildman–Crippen LogP) is 2.74. The Morgan fingerprint density at radius 3 is 2.38 bits per heavy atom. The topological polar surface area (TPSA) is 72.2 Å². The van der Waals surface area contributed by atoms with Gasteiger partial charge in [0, 0.05) is 11.7 Å². The minimum Gasteiger partial charge on any atom is -0.398 e. The molecular weight excluding hydrogens is 320 g/mol. The second kappa shape index (κ2) is 5.90. The number of anilines is 1. The monoisotopic (exact) mass is 342 g/mol. The van der Waals surface area contributed by atoms with E-state index in [1.54, 1.807) is 24.3 Å². The van der Waals surface area contributed by atoms with Gasteiger partial charge in [-0.15, -0.1) is 0 Å². The van der Waals surface area contributed by atoms with Crippen LogP contribution in [0.2, 0.25) is 0 Å². The zero-order valence-electron chi connectivity index (χ0n) is 13.5. The van der Waals surface area contributed by atoms with Crippen molar-refractivity contribution in [1.82, 2.24) is 4.72 Å². The first kappa shape index (κ1) is 15.7. The van der Waals surface area contributed by atoms with Gasteiger partial charge in [-0.25, -0.2) is 13.1 Å². The summed E-state index contributed by atoms with van der Waals surface area (Å²) in [6.45, 7) is 0. The Morgan fingerprint density at radius 2 is 1.62 bits per heavy atom. The second-order valence-corrected chi connectivity index (χ2v) is 8.66. The lowest BCUT2D eigenvalue weighted by Gasteiger charge is -2.23. The van der Waals surface area contributed by atoms with Crippen LogP contribution in [0.5, 0.6) is 0 Å². The molecule has 0 radical (unpaired) electrons. The number of hydrogen-bond acceptors (Lipinski definition) is 3. The molecule has 0 aromatic heterocycles. The molecule has 1 saturated carbocycles. The van der Waals surface area contributed by atoms with Crippen molar-refractivity contribution in [2.45, 2.75) is 36.6 Å². The lowest BCUT2D eigenvalue weighted by atomic mass is 9.92. The molecule has 3 atom stereocenters. The van der Waals surface area contributed by atoms with Gasteiger partial charge in [0.1, 0.15) is 0 Å². The lowest BCUT2D eigenvalue weighted by molar-refractivity contribution is 0.386. The Kier molecular flexibility index (Phi) is 3.85. The second-order valence-electron chi connectivity index (χ2n) is 6.95. The first-order valence-electron chi connectivity index (χ1n) is 8.48. The largest absolute Gasteiger partial charge is 0.398 e. The van der Waals surface area contributed by atoms with Crippen molar-refractivity contribution < 1.29 is 8.42 Å². The Morgan fingerprint density at radius 1 is 0.917 bits per heavy atom. The lowest BCUT2D eigenvalue weighted by Crippen LogP contribution is -2.41. The number of benzene rings is 2. The predicted molar refractivity (Wildman–Crippen MR) is 95.0 cm³/mol. The van der Waals surface area contributed by atoms with Gasteiger partial charge >= 0.3 is 0 Å². The number of nitrogen functional groups attached to an aromatic ring is 1. The van der Waals surface area contributed by atoms with E-state index >= 15 is 0 Å². The molecule has 1 fully saturated rings. The summed E-state index contributed by atoms with van der Waals surface area (Å²) in [6, 6.07) is 14.7. The number of fused-ring (bicyclic) bond motifs is 3. The van der Waals surface area contributed by atoms with E-state index in [0.717, 1.165) is 31.4 Å². The van der Waals surface area contributed by atoms with Crippen LogP contribution in [0.4, 0.5) is 5.69 Å². The van der Waals surface area contributed by atoms with Crippen molar-refractivity contribution in [2.75, 3.05) is 5.73 Å². The van der Waals surface area contributed by atoms with E-state index in [9.17, 15) is 8.42 Å². The number of rotatable bonds is 3. The molecule has 3 unspecified atom stereocenters. The molecule has 0 aliphatic heterocycles. The molecule has 24 heavy (non-hydrogen) atoms. The van der Waals surface area contributed by atoms with E-state index in [1.165, 1.54) is 11.1 Å². The number of nitrogens with one attached hydrogen (secondary N) is 1. The van der Waals surface area contributed by atoms with Crippen LogP contribution in [0, 0.1) is 11.8 Å². The van der Waals surface area contributed by atoms with E-state index in [1.807, 2.05) is 18.2 Å². The van der Waals surface area contributed by atoms with Gasteiger partial charge in [-0.2, -0.15) is 0 Å². The third-order valence-electron chi connectivity index (χ3n) is 5.53. The van der Waals surface area contributed by atoms with E-state index < -0.39 is 10.0 Å². The van der Waals surface area contributed by atoms with Gasteiger partial charge in [0.2, 0.25) is 10.0 Å². The first-order valence-corrected chi connectivity index (χ1v) is 9.96. The van der Waals surface area contributed by atoms with Crippen LogP contribution >= 0.6 is 0 Å². The molecule has 126 valence electrons. The standard InChI is InChI=1S/C19H22N2O2S/c20-18-8-4-5-13-11-14-9-10-15(12-17(13)18)19(14)21-24(22,23)16-6-2-1-3-7-16/h1-8,14-15,19,21H,9-12,20H2. The van der Waals surface area contributed by atoms with Crippen molar-refractivity contribution in [3.8, 4) is 0 Å². The first-order chi connectivity index (χ1) is 11.5. The fourth-order valence-electron chi connectivity index (χ4n) is 4.31. The SMILES string of the molecule is Nc1cccc2c1CC1CCC(C2)C1NS(=O)(=O)c1ccccc1. The molecule has 2 aromatic carbocycles. The van der Waals surface area contributed by atoms with Crippen LogP contribution in [0.15, 0.2) is 53.4 Å². The Hall–Kier alpha value is -1.85. The highest BCUT2D eigenvalue weighted by atomic mass is 32.2. The van der Waals surface area contributed by atoms with Crippen molar-refractivity contribution in [3.05, 3.63) is 59.7 Å².